The van der Waals surface area contributed by atoms with Crippen molar-refractivity contribution in [2.45, 2.75) is 25.7 Å². The molecule has 0 bridgehead atoms. The number of hydrogen-bond acceptors (Lipinski definition) is 6. The van der Waals surface area contributed by atoms with Crippen molar-refractivity contribution in [2.24, 2.45) is 0 Å². The Hall–Kier alpha value is 2.21. The molecular formula is C6H14Na2O5S2. The number of unbranched alkanes of at least 4 members (excludes halogenated alkanes) is 3. The summed E-state index contributed by atoms with van der Waals surface area (Å²) in [6.07, 6.45) is 3.83. The Morgan fingerprint density at radius 1 is 0.933 bits per heavy atom. The molecule has 0 aromatic rings. The number of hydrogen-bond donors (Lipinski definition) is 2. The Bertz CT molecular complexity index is 172. The average molecular weight is 276 g/mol. The molecule has 0 amide bonds. The van der Waals surface area contributed by atoms with Gasteiger partial charge in [0.05, 0.1) is 0 Å². The summed E-state index contributed by atoms with van der Waals surface area (Å²) in [5.74, 6) is 0. The summed E-state index contributed by atoms with van der Waals surface area (Å²) in [7, 11) is -4.33. The van der Waals surface area contributed by atoms with Crippen molar-refractivity contribution in [1.82, 2.24) is 0 Å². The van der Waals surface area contributed by atoms with Gasteiger partial charge in [-0.05, 0) is 24.0 Å². The van der Waals surface area contributed by atoms with Crippen LogP contribution in [0.3, 0.4) is 0 Å². The minimum absolute atomic E-state index is 0. The molecule has 0 aliphatic rings. The fourth-order valence-electron chi connectivity index (χ4n) is 0.577. The topological polar surface area (TPSA) is 104 Å². The Labute approximate surface area is 140 Å². The third-order valence-corrected chi connectivity index (χ3v) is 1.07. The van der Waals surface area contributed by atoms with Crippen molar-refractivity contribution in [1.29, 1.82) is 0 Å². The molecule has 0 saturated carbocycles. The van der Waals surface area contributed by atoms with Crippen LogP contribution < -0.4 is 59.1 Å². The predicted molar refractivity (Wildman–Crippen MR) is 49.7 cm³/mol. The summed E-state index contributed by atoms with van der Waals surface area (Å²) in [5.41, 5.74) is 0. The van der Waals surface area contributed by atoms with Gasteiger partial charge in [0, 0.05) is 13.2 Å². The smallest absolute Gasteiger partial charge is 0.780 e. The minimum atomic E-state index is -4.33. The van der Waals surface area contributed by atoms with Crippen LogP contribution in [-0.4, -0.2) is 36.7 Å². The predicted octanol–water partition coefficient (Wildman–Crippen LogP) is -6.47. The Balaban J connectivity index is -0.0000000770. The molecule has 0 fully saturated rings. The van der Waals surface area contributed by atoms with E-state index in [0.29, 0.717) is 0 Å². The summed E-state index contributed by atoms with van der Waals surface area (Å²) in [6.45, 7) is 0.566. The number of aliphatic hydroxyl groups is 2. The van der Waals surface area contributed by atoms with Gasteiger partial charge in [0.1, 0.15) is 0 Å². The maximum atomic E-state index is 8.89. The van der Waals surface area contributed by atoms with Crippen molar-refractivity contribution >= 4 is 20.2 Å². The second kappa shape index (κ2) is 18.6. The SMILES string of the molecule is O=S([O-])([O-])=S.OCCCCCCO.[Na+].[Na+]. The van der Waals surface area contributed by atoms with E-state index in [1.54, 1.807) is 0 Å². The first kappa shape index (κ1) is 25.9. The summed E-state index contributed by atoms with van der Waals surface area (Å²) in [6, 6.07) is 0. The van der Waals surface area contributed by atoms with Crippen LogP contribution in [0.15, 0.2) is 0 Å². The molecule has 0 rings (SSSR count). The average Bonchev–Trinajstić information content (AvgIpc) is 1.95. The quantitative estimate of drug-likeness (QED) is 0.382. The van der Waals surface area contributed by atoms with Crippen molar-refractivity contribution < 1.29 is 82.6 Å². The van der Waals surface area contributed by atoms with Gasteiger partial charge < -0.3 is 19.3 Å². The van der Waals surface area contributed by atoms with E-state index < -0.39 is 9.05 Å². The normalized spacial score (nSPS) is 9.07. The maximum absolute atomic E-state index is 8.89. The van der Waals surface area contributed by atoms with E-state index in [2.05, 4.69) is 11.2 Å². The molecule has 0 aromatic carbocycles. The number of aliphatic hydroxyl groups excluding tert-OH is 2. The van der Waals surface area contributed by atoms with Crippen LogP contribution in [0.5, 0.6) is 0 Å². The third-order valence-electron chi connectivity index (χ3n) is 1.07. The van der Waals surface area contributed by atoms with Crippen LogP contribution in [0.1, 0.15) is 25.7 Å². The molecule has 0 saturated heterocycles. The molecule has 2 N–H and O–H groups in total. The van der Waals surface area contributed by atoms with Crippen molar-refractivity contribution in [2.75, 3.05) is 13.2 Å². The van der Waals surface area contributed by atoms with Gasteiger partial charge in [-0.1, -0.05) is 12.8 Å². The maximum Gasteiger partial charge on any atom is 1.00 e. The zero-order chi connectivity index (χ0) is 10.7. The van der Waals surface area contributed by atoms with Crippen molar-refractivity contribution in [3.63, 3.8) is 0 Å². The van der Waals surface area contributed by atoms with E-state index in [1.807, 2.05) is 0 Å². The fourth-order valence-corrected chi connectivity index (χ4v) is 0.577. The van der Waals surface area contributed by atoms with Gasteiger partial charge in [-0.2, -0.15) is 0 Å². The van der Waals surface area contributed by atoms with Crippen LogP contribution in [0.4, 0.5) is 0 Å². The molecule has 82 valence electrons. The molecular weight excluding hydrogens is 262 g/mol. The molecule has 9 heteroatoms. The molecule has 0 aromatic heterocycles. The van der Waals surface area contributed by atoms with Gasteiger partial charge >= 0.3 is 59.1 Å². The van der Waals surface area contributed by atoms with Gasteiger partial charge in [-0.25, -0.2) is 0 Å². The first-order chi connectivity index (χ1) is 5.91. The summed E-state index contributed by atoms with van der Waals surface area (Å²) in [5, 5.41) is 16.6. The van der Waals surface area contributed by atoms with Crippen molar-refractivity contribution in [3.8, 4) is 0 Å². The third kappa shape index (κ3) is 63.0. The molecule has 15 heavy (non-hydrogen) atoms. The minimum Gasteiger partial charge on any atom is -0.780 e. The first-order valence-electron chi connectivity index (χ1n) is 3.80. The Kier molecular flexibility index (Phi) is 32.1. The molecule has 0 aliphatic carbocycles. The molecule has 0 atom stereocenters. The largest absolute Gasteiger partial charge is 1.00 e. The van der Waals surface area contributed by atoms with E-state index in [1.165, 1.54) is 0 Å². The Morgan fingerprint density at radius 3 is 1.27 bits per heavy atom. The first-order valence-corrected chi connectivity index (χ1v) is 6.13. The standard InChI is InChI=1S/C6H14O2.2Na.H2O3S2/c7-5-3-1-2-4-6-8;;;1-5(2,3)4/h7-8H,1-6H2;;;(H2,1,2,3,4)/q;2*+1;/p-2. The molecule has 0 spiro atoms. The van der Waals surface area contributed by atoms with Crippen LogP contribution in [0.25, 0.3) is 0 Å². The van der Waals surface area contributed by atoms with Crippen LogP contribution >= 0.6 is 0 Å². The van der Waals surface area contributed by atoms with Gasteiger partial charge in [0.2, 0.25) is 0 Å². The van der Waals surface area contributed by atoms with E-state index >= 15 is 0 Å². The van der Waals surface area contributed by atoms with Crippen LogP contribution in [0.2, 0.25) is 0 Å². The zero-order valence-corrected chi connectivity index (χ0v) is 14.8. The van der Waals surface area contributed by atoms with Gasteiger partial charge in [0.25, 0.3) is 0 Å². The van der Waals surface area contributed by atoms with Gasteiger partial charge in [-0.15, -0.1) is 9.05 Å². The monoisotopic (exact) mass is 276 g/mol. The zero-order valence-electron chi connectivity index (χ0n) is 9.18. The van der Waals surface area contributed by atoms with Crippen molar-refractivity contribution in [3.05, 3.63) is 0 Å². The molecule has 0 radical (unpaired) electrons. The second-order valence-corrected chi connectivity index (χ2v) is 4.31. The summed E-state index contributed by atoms with van der Waals surface area (Å²) >= 11 is 3.24. The molecule has 0 unspecified atom stereocenters. The van der Waals surface area contributed by atoms with E-state index in [4.69, 9.17) is 23.5 Å². The van der Waals surface area contributed by atoms with Crippen LogP contribution in [0, 0.1) is 0 Å². The molecule has 0 heterocycles. The van der Waals surface area contributed by atoms with E-state index in [9.17, 15) is 0 Å². The summed E-state index contributed by atoms with van der Waals surface area (Å²) < 4.78 is 26.7. The molecule has 5 nitrogen and oxygen atoms in total. The Morgan fingerprint density at radius 2 is 1.13 bits per heavy atom. The summed E-state index contributed by atoms with van der Waals surface area (Å²) in [4.78, 5) is 0. The fraction of sp³-hybridized carbons (Fsp3) is 1.00. The van der Waals surface area contributed by atoms with Gasteiger partial charge in [-0.3, -0.25) is 4.21 Å². The van der Waals surface area contributed by atoms with E-state index in [0.717, 1.165) is 25.7 Å². The van der Waals surface area contributed by atoms with Crippen LogP contribution in [-0.2, 0) is 20.2 Å². The van der Waals surface area contributed by atoms with Gasteiger partial charge in [0.15, 0.2) is 0 Å². The molecule has 0 aliphatic heterocycles. The van der Waals surface area contributed by atoms with E-state index in [-0.39, 0.29) is 72.3 Å². The second-order valence-electron chi connectivity index (χ2n) is 2.27. The number of rotatable bonds is 5.